The van der Waals surface area contributed by atoms with Crippen molar-refractivity contribution in [2.45, 2.75) is 19.8 Å². The molecule has 6 unspecified atom stereocenters. The maximum Gasteiger partial charge on any atom is 0.335 e. The summed E-state index contributed by atoms with van der Waals surface area (Å²) in [6.45, 7) is 1.79. The fourth-order valence-electron chi connectivity index (χ4n) is 8.29. The van der Waals surface area contributed by atoms with Crippen LogP contribution in [0.1, 0.15) is 35.7 Å². The number of phenols is 1. The number of allylic oxidation sites excluding steroid dienone is 3. The summed E-state index contributed by atoms with van der Waals surface area (Å²) in [7, 11) is 2.84. The summed E-state index contributed by atoms with van der Waals surface area (Å²) in [6.07, 6.45) is 6.00. The second-order valence-electron chi connectivity index (χ2n) is 13.0. The highest BCUT2D eigenvalue weighted by Crippen LogP contribution is 2.61. The summed E-state index contributed by atoms with van der Waals surface area (Å²) in [4.78, 5) is 70.8. The van der Waals surface area contributed by atoms with E-state index in [1.165, 1.54) is 43.4 Å². The van der Waals surface area contributed by atoms with Gasteiger partial charge in [0.05, 0.1) is 54.3 Å². The second-order valence-corrected chi connectivity index (χ2v) is 13.0. The number of para-hydroxylation sites is 1. The van der Waals surface area contributed by atoms with Gasteiger partial charge in [0.25, 0.3) is 0 Å². The zero-order valence-electron chi connectivity index (χ0n) is 27.0. The molecule has 4 amide bonds. The molecule has 3 fully saturated rings. The number of hydrogen-bond acceptors (Lipinski definition) is 8. The fourth-order valence-corrected chi connectivity index (χ4v) is 8.29. The number of hydrogen-bond donors (Lipinski definition) is 2. The topological polar surface area (TPSA) is 151 Å². The van der Waals surface area contributed by atoms with Gasteiger partial charge in [-0.05, 0) is 73.7 Å². The van der Waals surface area contributed by atoms with E-state index in [1.54, 1.807) is 55.5 Å². The number of aromatic carboxylic acids is 1. The molecule has 1 saturated carbocycles. The number of methoxy groups -OCH3 is 2. The Hall–Kier alpha value is -5.71. The summed E-state index contributed by atoms with van der Waals surface area (Å²) >= 11 is 0. The SMILES string of the molecule is COc1cc(C=CC2C3=CCC4C(=O)N(c5cccc(C(=O)O)c5)C(=O)C4C3CC3C(=O)N(c4ccccc4)C(=O)C23C)cc(OC)c1O. The van der Waals surface area contributed by atoms with Crippen molar-refractivity contribution in [2.24, 2.45) is 35.0 Å². The van der Waals surface area contributed by atoms with Crippen LogP contribution in [0.2, 0.25) is 0 Å². The van der Waals surface area contributed by atoms with Crippen molar-refractivity contribution in [3.05, 3.63) is 95.6 Å². The molecular weight excluding hydrogens is 628 g/mol. The summed E-state index contributed by atoms with van der Waals surface area (Å²) in [5, 5.41) is 20.0. The maximum absolute atomic E-state index is 14.5. The van der Waals surface area contributed by atoms with E-state index in [2.05, 4.69) is 0 Å². The molecule has 6 atom stereocenters. The quantitative estimate of drug-likeness (QED) is 0.261. The molecule has 3 aromatic rings. The molecule has 2 saturated heterocycles. The lowest BCUT2D eigenvalue weighted by Crippen LogP contribution is -2.49. The molecule has 0 spiro atoms. The average molecular weight is 663 g/mol. The van der Waals surface area contributed by atoms with Crippen LogP contribution in [0.4, 0.5) is 11.4 Å². The highest BCUT2D eigenvalue weighted by molar-refractivity contribution is 6.25. The van der Waals surface area contributed by atoms with Crippen molar-refractivity contribution in [3.63, 3.8) is 0 Å². The predicted molar refractivity (Wildman–Crippen MR) is 178 cm³/mol. The third-order valence-corrected chi connectivity index (χ3v) is 10.7. The number of nitrogens with zero attached hydrogens (tertiary/aromatic N) is 2. The Morgan fingerprint density at radius 2 is 1.53 bits per heavy atom. The van der Waals surface area contributed by atoms with Crippen LogP contribution in [0.25, 0.3) is 6.08 Å². The molecule has 2 aliphatic heterocycles. The number of rotatable bonds is 7. The Bertz CT molecular complexity index is 1960. The number of ether oxygens (including phenoxy) is 2. The number of carboxylic acid groups (broad SMARTS) is 1. The normalized spacial score (nSPS) is 27.6. The van der Waals surface area contributed by atoms with Gasteiger partial charge in [-0.3, -0.25) is 24.1 Å². The Morgan fingerprint density at radius 3 is 2.18 bits per heavy atom. The first kappa shape index (κ1) is 31.9. The number of imide groups is 2. The smallest absolute Gasteiger partial charge is 0.335 e. The van der Waals surface area contributed by atoms with Crippen molar-refractivity contribution in [1.29, 1.82) is 0 Å². The highest BCUT2D eigenvalue weighted by Gasteiger charge is 2.67. The summed E-state index contributed by atoms with van der Waals surface area (Å²) in [5.41, 5.74) is 0.772. The minimum absolute atomic E-state index is 0.0519. The van der Waals surface area contributed by atoms with E-state index in [4.69, 9.17) is 9.47 Å². The predicted octanol–water partition coefficient (Wildman–Crippen LogP) is 5.09. The van der Waals surface area contributed by atoms with Crippen molar-refractivity contribution in [1.82, 2.24) is 0 Å². The first-order chi connectivity index (χ1) is 23.5. The third-order valence-electron chi connectivity index (χ3n) is 10.7. The van der Waals surface area contributed by atoms with Crippen LogP contribution in [-0.4, -0.2) is 54.0 Å². The van der Waals surface area contributed by atoms with Crippen LogP contribution in [0, 0.1) is 35.0 Å². The van der Waals surface area contributed by atoms with Crippen LogP contribution in [-0.2, 0) is 19.2 Å². The van der Waals surface area contributed by atoms with Crippen molar-refractivity contribution < 1.29 is 43.7 Å². The number of amides is 4. The molecule has 3 aromatic carbocycles. The van der Waals surface area contributed by atoms with Crippen LogP contribution < -0.4 is 19.3 Å². The molecule has 4 aliphatic rings. The van der Waals surface area contributed by atoms with Crippen molar-refractivity contribution >= 4 is 47.0 Å². The van der Waals surface area contributed by atoms with Gasteiger partial charge in [-0.2, -0.15) is 0 Å². The van der Waals surface area contributed by atoms with E-state index in [0.29, 0.717) is 11.3 Å². The molecule has 250 valence electrons. The largest absolute Gasteiger partial charge is 0.502 e. The van der Waals surface area contributed by atoms with E-state index >= 15 is 0 Å². The lowest BCUT2D eigenvalue weighted by molar-refractivity contribution is -0.132. The summed E-state index contributed by atoms with van der Waals surface area (Å²) in [5.74, 6) is -6.04. The molecule has 7 rings (SSSR count). The van der Waals surface area contributed by atoms with Crippen molar-refractivity contribution in [3.8, 4) is 17.2 Å². The van der Waals surface area contributed by atoms with E-state index < -0.39 is 52.8 Å². The molecule has 2 heterocycles. The minimum atomic E-state index is -1.22. The standard InChI is InChI=1S/C38H34N2O9/c1-38-27(15-12-20-16-29(48-2)32(41)30(17-20)49-3)24-13-14-25-31(35(44)39(33(25)42)23-11-7-8-21(18-23)36(45)46)26(24)19-28(38)34(43)40(37(38)47)22-9-5-4-6-10-22/h4-13,15-18,25-28,31,41H,14,19H2,1-3H3,(H,45,46). The van der Waals surface area contributed by atoms with Crippen LogP contribution in [0.5, 0.6) is 17.2 Å². The van der Waals surface area contributed by atoms with Gasteiger partial charge in [0.15, 0.2) is 11.5 Å². The highest BCUT2D eigenvalue weighted by atomic mass is 16.5. The van der Waals surface area contributed by atoms with Gasteiger partial charge in [0.1, 0.15) is 0 Å². The monoisotopic (exact) mass is 662 g/mol. The molecular formula is C38H34N2O9. The average Bonchev–Trinajstić information content (AvgIpc) is 3.48. The van der Waals surface area contributed by atoms with Gasteiger partial charge in [-0.25, -0.2) is 9.69 Å². The summed E-state index contributed by atoms with van der Waals surface area (Å²) in [6, 6.07) is 17.7. The molecule has 11 nitrogen and oxygen atoms in total. The first-order valence-corrected chi connectivity index (χ1v) is 16.0. The number of carboxylic acids is 1. The molecule has 0 aromatic heterocycles. The van der Waals surface area contributed by atoms with Crippen LogP contribution in [0.15, 0.2) is 84.5 Å². The van der Waals surface area contributed by atoms with Crippen LogP contribution in [0.3, 0.4) is 0 Å². The maximum atomic E-state index is 14.5. The van der Waals surface area contributed by atoms with Gasteiger partial charge >= 0.3 is 5.97 Å². The van der Waals surface area contributed by atoms with E-state index in [9.17, 15) is 34.2 Å². The number of aromatic hydroxyl groups is 1. The van der Waals surface area contributed by atoms with Gasteiger partial charge in [0, 0.05) is 5.92 Å². The Kier molecular flexibility index (Phi) is 7.65. The van der Waals surface area contributed by atoms with Gasteiger partial charge in [-0.15, -0.1) is 0 Å². The molecule has 2 N–H and O–H groups in total. The Labute approximate surface area is 282 Å². The number of carbonyl (C=O) groups excluding carboxylic acids is 4. The summed E-state index contributed by atoms with van der Waals surface area (Å²) < 4.78 is 10.7. The number of carbonyl (C=O) groups is 5. The second kappa shape index (κ2) is 11.8. The molecule has 11 heteroatoms. The lowest BCUT2D eigenvalue weighted by atomic mass is 9.52. The number of fused-ring (bicyclic) bond motifs is 4. The zero-order chi connectivity index (χ0) is 34.8. The zero-order valence-corrected chi connectivity index (χ0v) is 27.0. The Balaban J connectivity index is 1.33. The van der Waals surface area contributed by atoms with E-state index in [-0.39, 0.29) is 53.2 Å². The number of benzene rings is 3. The first-order valence-electron chi connectivity index (χ1n) is 16.0. The fraction of sp³-hybridized carbons (Fsp3) is 0.289. The molecule has 2 aliphatic carbocycles. The van der Waals surface area contributed by atoms with Gasteiger partial charge in [0.2, 0.25) is 29.4 Å². The number of anilines is 2. The van der Waals surface area contributed by atoms with Crippen molar-refractivity contribution in [2.75, 3.05) is 24.0 Å². The Morgan fingerprint density at radius 1 is 0.857 bits per heavy atom. The van der Waals surface area contributed by atoms with Gasteiger partial charge < -0.3 is 19.7 Å². The van der Waals surface area contributed by atoms with Crippen LogP contribution >= 0.6 is 0 Å². The minimum Gasteiger partial charge on any atom is -0.502 e. The third kappa shape index (κ3) is 4.74. The molecule has 49 heavy (non-hydrogen) atoms. The lowest BCUT2D eigenvalue weighted by Gasteiger charge is -2.47. The number of phenolic OH excluding ortho intramolecular Hbond substituents is 1. The van der Waals surface area contributed by atoms with E-state index in [0.717, 1.165) is 10.5 Å². The molecule has 0 bridgehead atoms. The van der Waals surface area contributed by atoms with Gasteiger partial charge in [-0.1, -0.05) is 48.1 Å². The van der Waals surface area contributed by atoms with E-state index in [1.807, 2.05) is 12.2 Å². The molecule has 0 radical (unpaired) electrons.